The van der Waals surface area contributed by atoms with Crippen molar-refractivity contribution in [3.63, 3.8) is 0 Å². The molecule has 3 aromatic rings. The SMILES string of the molecule is CCOC(=O)/C=C/c1c[nH]c2cccc(COc3ccc(F)c(F)c3)c12. The van der Waals surface area contributed by atoms with Crippen molar-refractivity contribution < 1.29 is 23.0 Å². The topological polar surface area (TPSA) is 51.3 Å². The molecule has 0 aliphatic rings. The Kier molecular flexibility index (Phi) is 5.31. The van der Waals surface area contributed by atoms with E-state index in [0.717, 1.165) is 34.2 Å². The van der Waals surface area contributed by atoms with Gasteiger partial charge in [0.05, 0.1) is 6.61 Å². The maximum atomic E-state index is 13.3. The molecular weight excluding hydrogens is 340 g/mol. The molecule has 0 radical (unpaired) electrons. The van der Waals surface area contributed by atoms with Crippen molar-refractivity contribution in [2.75, 3.05) is 6.61 Å². The van der Waals surface area contributed by atoms with E-state index in [1.54, 1.807) is 19.2 Å². The number of halogens is 2. The number of aromatic nitrogens is 1. The van der Waals surface area contributed by atoms with Crippen LogP contribution in [0.15, 0.2) is 48.7 Å². The van der Waals surface area contributed by atoms with Gasteiger partial charge in [-0.2, -0.15) is 0 Å². The van der Waals surface area contributed by atoms with E-state index in [1.807, 2.05) is 18.2 Å². The molecule has 1 heterocycles. The van der Waals surface area contributed by atoms with E-state index >= 15 is 0 Å². The first-order chi connectivity index (χ1) is 12.6. The normalized spacial score (nSPS) is 11.2. The molecule has 3 rings (SSSR count). The number of fused-ring (bicyclic) bond motifs is 1. The summed E-state index contributed by atoms with van der Waals surface area (Å²) in [6, 6.07) is 9.04. The molecule has 26 heavy (non-hydrogen) atoms. The van der Waals surface area contributed by atoms with Crippen LogP contribution in [-0.2, 0) is 16.1 Å². The zero-order valence-electron chi connectivity index (χ0n) is 14.1. The first-order valence-electron chi connectivity index (χ1n) is 8.10. The summed E-state index contributed by atoms with van der Waals surface area (Å²) in [5.74, 6) is -2.06. The van der Waals surface area contributed by atoms with Crippen LogP contribution in [0.25, 0.3) is 17.0 Å². The van der Waals surface area contributed by atoms with E-state index in [-0.39, 0.29) is 12.4 Å². The molecule has 0 saturated carbocycles. The van der Waals surface area contributed by atoms with Crippen LogP contribution in [0.5, 0.6) is 5.75 Å². The van der Waals surface area contributed by atoms with Gasteiger partial charge in [-0.3, -0.25) is 0 Å². The second-order valence-corrected chi connectivity index (χ2v) is 5.53. The minimum atomic E-state index is -0.958. The van der Waals surface area contributed by atoms with Crippen molar-refractivity contribution in [3.8, 4) is 5.75 Å². The van der Waals surface area contributed by atoms with Crippen molar-refractivity contribution in [2.24, 2.45) is 0 Å². The van der Waals surface area contributed by atoms with E-state index < -0.39 is 17.6 Å². The quantitative estimate of drug-likeness (QED) is 0.518. The van der Waals surface area contributed by atoms with E-state index in [4.69, 9.17) is 9.47 Å². The minimum absolute atomic E-state index is 0.167. The van der Waals surface area contributed by atoms with Gasteiger partial charge in [0.15, 0.2) is 11.6 Å². The molecule has 0 saturated heterocycles. The van der Waals surface area contributed by atoms with Gasteiger partial charge in [0.25, 0.3) is 0 Å². The lowest BCUT2D eigenvalue weighted by atomic mass is 10.1. The van der Waals surface area contributed by atoms with Crippen molar-refractivity contribution in [1.82, 2.24) is 4.98 Å². The highest BCUT2D eigenvalue weighted by Crippen LogP contribution is 2.25. The molecule has 6 heteroatoms. The predicted molar refractivity (Wildman–Crippen MR) is 94.7 cm³/mol. The van der Waals surface area contributed by atoms with Crippen LogP contribution in [0.3, 0.4) is 0 Å². The first-order valence-corrected chi connectivity index (χ1v) is 8.10. The number of carbonyl (C=O) groups is 1. The van der Waals surface area contributed by atoms with Gasteiger partial charge in [0.1, 0.15) is 12.4 Å². The Labute approximate surface area is 149 Å². The highest BCUT2D eigenvalue weighted by molar-refractivity contribution is 5.95. The van der Waals surface area contributed by atoms with Gasteiger partial charge in [0.2, 0.25) is 0 Å². The molecular formula is C20H17F2NO3. The smallest absolute Gasteiger partial charge is 0.330 e. The molecule has 0 aliphatic heterocycles. The Balaban J connectivity index is 1.85. The van der Waals surface area contributed by atoms with Crippen LogP contribution in [0.2, 0.25) is 0 Å². The standard InChI is InChI=1S/C20H17F2NO3/c1-2-25-19(24)9-6-13-11-23-18-5-3-4-14(20(13)18)12-26-15-7-8-16(21)17(22)10-15/h3-11,23H,2,12H2,1H3/b9-6+. The van der Waals surface area contributed by atoms with Crippen LogP contribution in [0, 0.1) is 11.6 Å². The number of rotatable bonds is 6. The minimum Gasteiger partial charge on any atom is -0.489 e. The van der Waals surface area contributed by atoms with E-state index in [2.05, 4.69) is 4.98 Å². The van der Waals surface area contributed by atoms with Gasteiger partial charge >= 0.3 is 5.97 Å². The van der Waals surface area contributed by atoms with Crippen LogP contribution < -0.4 is 4.74 Å². The monoisotopic (exact) mass is 357 g/mol. The summed E-state index contributed by atoms with van der Waals surface area (Å²) in [4.78, 5) is 14.6. The number of hydrogen-bond donors (Lipinski definition) is 1. The predicted octanol–water partition coefficient (Wildman–Crippen LogP) is 4.60. The molecule has 0 spiro atoms. The average Bonchev–Trinajstić information content (AvgIpc) is 3.05. The zero-order chi connectivity index (χ0) is 18.5. The largest absolute Gasteiger partial charge is 0.489 e. The van der Waals surface area contributed by atoms with Crippen LogP contribution in [0.1, 0.15) is 18.1 Å². The lowest BCUT2D eigenvalue weighted by molar-refractivity contribution is -0.137. The molecule has 0 aliphatic carbocycles. The fourth-order valence-electron chi connectivity index (χ4n) is 2.62. The fourth-order valence-corrected chi connectivity index (χ4v) is 2.62. The Morgan fingerprint density at radius 3 is 2.81 bits per heavy atom. The third kappa shape index (κ3) is 3.91. The van der Waals surface area contributed by atoms with Crippen molar-refractivity contribution in [3.05, 3.63) is 71.4 Å². The maximum Gasteiger partial charge on any atom is 0.330 e. The summed E-state index contributed by atoms with van der Waals surface area (Å²) in [5.41, 5.74) is 2.52. The summed E-state index contributed by atoms with van der Waals surface area (Å²) >= 11 is 0. The number of H-pyrrole nitrogens is 1. The molecule has 0 amide bonds. The third-order valence-electron chi connectivity index (χ3n) is 3.79. The molecule has 0 bridgehead atoms. The van der Waals surface area contributed by atoms with Gasteiger partial charge in [0, 0.05) is 34.8 Å². The highest BCUT2D eigenvalue weighted by Gasteiger charge is 2.09. The molecule has 0 unspecified atom stereocenters. The van der Waals surface area contributed by atoms with Gasteiger partial charge in [-0.1, -0.05) is 12.1 Å². The van der Waals surface area contributed by atoms with Crippen LogP contribution >= 0.6 is 0 Å². The number of benzene rings is 2. The Morgan fingerprint density at radius 1 is 1.19 bits per heavy atom. The Morgan fingerprint density at radius 2 is 2.04 bits per heavy atom. The molecule has 1 N–H and O–H groups in total. The number of nitrogens with one attached hydrogen (secondary N) is 1. The highest BCUT2D eigenvalue weighted by atomic mass is 19.2. The van der Waals surface area contributed by atoms with E-state index in [0.29, 0.717) is 6.61 Å². The Hall–Kier alpha value is -3.15. The molecule has 1 aromatic heterocycles. The number of carbonyl (C=O) groups excluding carboxylic acids is 1. The average molecular weight is 357 g/mol. The summed E-state index contributed by atoms with van der Waals surface area (Å²) in [5, 5.41) is 0.885. The van der Waals surface area contributed by atoms with Gasteiger partial charge in [-0.05, 0) is 36.8 Å². The van der Waals surface area contributed by atoms with E-state index in [1.165, 1.54) is 12.1 Å². The second kappa shape index (κ2) is 7.82. The molecule has 2 aromatic carbocycles. The summed E-state index contributed by atoms with van der Waals surface area (Å²) in [6.07, 6.45) is 4.80. The molecule has 4 nitrogen and oxygen atoms in total. The summed E-state index contributed by atoms with van der Waals surface area (Å²) < 4.78 is 36.8. The number of hydrogen-bond acceptors (Lipinski definition) is 3. The lowest BCUT2D eigenvalue weighted by Gasteiger charge is -2.08. The van der Waals surface area contributed by atoms with Crippen LogP contribution in [0.4, 0.5) is 8.78 Å². The Bertz CT molecular complexity index is 963. The number of ether oxygens (including phenoxy) is 2. The number of aromatic amines is 1. The van der Waals surface area contributed by atoms with Crippen molar-refractivity contribution >= 4 is 22.9 Å². The van der Waals surface area contributed by atoms with E-state index in [9.17, 15) is 13.6 Å². The fraction of sp³-hybridized carbons (Fsp3) is 0.150. The second-order valence-electron chi connectivity index (χ2n) is 5.53. The summed E-state index contributed by atoms with van der Waals surface area (Å²) in [7, 11) is 0. The van der Waals surface area contributed by atoms with Gasteiger partial charge in [-0.25, -0.2) is 13.6 Å². The first kappa shape index (κ1) is 17.7. The third-order valence-corrected chi connectivity index (χ3v) is 3.79. The number of esters is 1. The van der Waals surface area contributed by atoms with Crippen LogP contribution in [-0.4, -0.2) is 17.6 Å². The molecule has 0 fully saturated rings. The molecule has 134 valence electrons. The van der Waals surface area contributed by atoms with Gasteiger partial charge in [-0.15, -0.1) is 0 Å². The maximum absolute atomic E-state index is 13.3. The van der Waals surface area contributed by atoms with Crippen molar-refractivity contribution in [1.29, 1.82) is 0 Å². The lowest BCUT2D eigenvalue weighted by Crippen LogP contribution is -1.99. The zero-order valence-corrected chi connectivity index (χ0v) is 14.1. The van der Waals surface area contributed by atoms with Crippen molar-refractivity contribution in [2.45, 2.75) is 13.5 Å². The van der Waals surface area contributed by atoms with Gasteiger partial charge < -0.3 is 14.5 Å². The summed E-state index contributed by atoms with van der Waals surface area (Å²) in [6.45, 7) is 2.22. The molecule has 0 atom stereocenters.